The quantitative estimate of drug-likeness (QED) is 0.692. The van der Waals surface area contributed by atoms with E-state index >= 15 is 0 Å². The van der Waals surface area contributed by atoms with E-state index in [1.54, 1.807) is 25.3 Å². The third-order valence-electron chi connectivity index (χ3n) is 5.18. The zero-order valence-electron chi connectivity index (χ0n) is 17.8. The fourth-order valence-corrected chi connectivity index (χ4v) is 3.53. The van der Waals surface area contributed by atoms with E-state index in [2.05, 4.69) is 16.1 Å². The van der Waals surface area contributed by atoms with Crippen LogP contribution in [-0.4, -0.2) is 55.7 Å². The standard InChI is InChI=1S/C24H28FN3O3/c1-3-15-31-23-16-20(7-10-22(23)30-2)17-26-24(29)28-12-4-11-27(13-14-28)18-19-5-8-21(25)9-6-19/h1,5-10,16H,4,11-15,17-18H2,2H3,(H,26,29). The van der Waals surface area contributed by atoms with Crippen LogP contribution >= 0.6 is 0 Å². The third-order valence-corrected chi connectivity index (χ3v) is 5.18. The minimum Gasteiger partial charge on any atom is -0.493 e. The topological polar surface area (TPSA) is 54.0 Å². The summed E-state index contributed by atoms with van der Waals surface area (Å²) in [6.45, 7) is 4.30. The van der Waals surface area contributed by atoms with Crippen molar-refractivity contribution in [1.29, 1.82) is 0 Å². The minimum absolute atomic E-state index is 0.0921. The SMILES string of the molecule is C#CCOc1cc(CNC(=O)N2CCCN(Cc3ccc(F)cc3)CC2)ccc1OC. The number of carbonyl (C=O) groups excluding carboxylic acids is 1. The van der Waals surface area contributed by atoms with Gasteiger partial charge in [0.25, 0.3) is 0 Å². The Labute approximate surface area is 182 Å². The molecule has 0 aliphatic carbocycles. The Hall–Kier alpha value is -3.24. The van der Waals surface area contributed by atoms with Gasteiger partial charge in [-0.25, -0.2) is 9.18 Å². The highest BCUT2D eigenvalue weighted by molar-refractivity contribution is 5.74. The lowest BCUT2D eigenvalue weighted by molar-refractivity contribution is 0.197. The summed E-state index contributed by atoms with van der Waals surface area (Å²) < 4.78 is 23.9. The van der Waals surface area contributed by atoms with Crippen LogP contribution in [0.15, 0.2) is 42.5 Å². The van der Waals surface area contributed by atoms with Crippen molar-refractivity contribution in [1.82, 2.24) is 15.1 Å². The number of methoxy groups -OCH3 is 1. The molecule has 0 aromatic heterocycles. The molecule has 0 bridgehead atoms. The zero-order chi connectivity index (χ0) is 22.1. The van der Waals surface area contributed by atoms with E-state index in [0.717, 1.165) is 37.2 Å². The molecule has 3 rings (SSSR count). The lowest BCUT2D eigenvalue weighted by Crippen LogP contribution is -2.41. The van der Waals surface area contributed by atoms with E-state index in [-0.39, 0.29) is 18.5 Å². The molecule has 1 fully saturated rings. The average Bonchev–Trinajstić information content (AvgIpc) is 3.03. The zero-order valence-corrected chi connectivity index (χ0v) is 17.8. The van der Waals surface area contributed by atoms with Gasteiger partial charge in [0.2, 0.25) is 0 Å². The van der Waals surface area contributed by atoms with Gasteiger partial charge in [-0.15, -0.1) is 6.42 Å². The number of nitrogens with zero attached hydrogens (tertiary/aromatic N) is 2. The largest absolute Gasteiger partial charge is 0.493 e. The van der Waals surface area contributed by atoms with E-state index < -0.39 is 0 Å². The first-order valence-corrected chi connectivity index (χ1v) is 10.3. The summed E-state index contributed by atoms with van der Waals surface area (Å²) in [5.41, 5.74) is 1.97. The molecule has 1 N–H and O–H groups in total. The normalized spacial score (nSPS) is 14.4. The Balaban J connectivity index is 1.50. The molecular formula is C24H28FN3O3. The van der Waals surface area contributed by atoms with Gasteiger partial charge in [0.15, 0.2) is 11.5 Å². The molecule has 7 heteroatoms. The van der Waals surface area contributed by atoms with E-state index in [1.165, 1.54) is 12.1 Å². The van der Waals surface area contributed by atoms with Crippen LogP contribution in [0.5, 0.6) is 11.5 Å². The van der Waals surface area contributed by atoms with Crippen LogP contribution in [-0.2, 0) is 13.1 Å². The number of rotatable bonds is 7. The smallest absolute Gasteiger partial charge is 0.317 e. The number of urea groups is 1. The molecule has 0 spiro atoms. The van der Waals surface area contributed by atoms with Crippen molar-refractivity contribution in [2.45, 2.75) is 19.5 Å². The fourth-order valence-electron chi connectivity index (χ4n) is 3.53. The van der Waals surface area contributed by atoms with E-state index in [1.807, 2.05) is 17.0 Å². The predicted molar refractivity (Wildman–Crippen MR) is 117 cm³/mol. The van der Waals surface area contributed by atoms with Crippen molar-refractivity contribution >= 4 is 6.03 Å². The summed E-state index contributed by atoms with van der Waals surface area (Å²) in [6, 6.07) is 12.0. The monoisotopic (exact) mass is 425 g/mol. The molecular weight excluding hydrogens is 397 g/mol. The van der Waals surface area contributed by atoms with E-state index in [9.17, 15) is 9.18 Å². The molecule has 0 radical (unpaired) electrons. The molecule has 0 saturated carbocycles. The van der Waals surface area contributed by atoms with Gasteiger partial charge in [-0.1, -0.05) is 24.1 Å². The number of ether oxygens (including phenoxy) is 2. The molecule has 2 amide bonds. The van der Waals surface area contributed by atoms with Gasteiger partial charge in [0.05, 0.1) is 7.11 Å². The maximum absolute atomic E-state index is 13.1. The fraction of sp³-hybridized carbons (Fsp3) is 0.375. The second-order valence-electron chi connectivity index (χ2n) is 7.38. The number of nitrogens with one attached hydrogen (secondary N) is 1. The molecule has 2 aromatic rings. The second-order valence-corrected chi connectivity index (χ2v) is 7.38. The molecule has 1 heterocycles. The summed E-state index contributed by atoms with van der Waals surface area (Å²) in [5.74, 6) is 3.36. The Morgan fingerprint density at radius 2 is 1.87 bits per heavy atom. The van der Waals surface area contributed by atoms with Crippen LogP contribution in [0.2, 0.25) is 0 Å². The number of hydrogen-bond donors (Lipinski definition) is 1. The summed E-state index contributed by atoms with van der Waals surface area (Å²) in [7, 11) is 1.57. The molecule has 1 saturated heterocycles. The van der Waals surface area contributed by atoms with Crippen molar-refractivity contribution in [3.63, 3.8) is 0 Å². The van der Waals surface area contributed by atoms with Gasteiger partial charge in [0, 0.05) is 39.3 Å². The predicted octanol–water partition coefficient (Wildman–Crippen LogP) is 3.26. The average molecular weight is 426 g/mol. The van der Waals surface area contributed by atoms with Crippen molar-refractivity contribution in [3.05, 3.63) is 59.4 Å². The van der Waals surface area contributed by atoms with Gasteiger partial charge >= 0.3 is 6.03 Å². The molecule has 6 nitrogen and oxygen atoms in total. The summed E-state index contributed by atoms with van der Waals surface area (Å²) in [4.78, 5) is 16.8. The van der Waals surface area contributed by atoms with Crippen molar-refractivity contribution in [3.8, 4) is 23.8 Å². The second kappa shape index (κ2) is 11.2. The van der Waals surface area contributed by atoms with Gasteiger partial charge in [-0.2, -0.15) is 0 Å². The first-order valence-electron chi connectivity index (χ1n) is 10.3. The van der Waals surface area contributed by atoms with Crippen LogP contribution in [0.3, 0.4) is 0 Å². The Kier molecular flexibility index (Phi) is 8.13. The maximum atomic E-state index is 13.1. The van der Waals surface area contributed by atoms with Crippen molar-refractivity contribution in [2.75, 3.05) is 39.9 Å². The van der Waals surface area contributed by atoms with Gasteiger partial charge in [-0.3, -0.25) is 4.90 Å². The van der Waals surface area contributed by atoms with E-state index in [0.29, 0.717) is 31.1 Å². The van der Waals surface area contributed by atoms with Crippen molar-refractivity contribution in [2.24, 2.45) is 0 Å². The first-order chi connectivity index (χ1) is 15.1. The molecule has 0 atom stereocenters. The number of terminal acetylenes is 1. The summed E-state index contributed by atoms with van der Waals surface area (Å²) in [5, 5.41) is 2.98. The highest BCUT2D eigenvalue weighted by Crippen LogP contribution is 2.28. The van der Waals surface area contributed by atoms with Crippen molar-refractivity contribution < 1.29 is 18.7 Å². The number of benzene rings is 2. The van der Waals surface area contributed by atoms with E-state index in [4.69, 9.17) is 15.9 Å². The lowest BCUT2D eigenvalue weighted by atomic mass is 10.2. The van der Waals surface area contributed by atoms with Crippen LogP contribution < -0.4 is 14.8 Å². The van der Waals surface area contributed by atoms with Gasteiger partial charge < -0.3 is 19.7 Å². The minimum atomic E-state index is -0.228. The van der Waals surface area contributed by atoms with Crippen LogP contribution in [0.4, 0.5) is 9.18 Å². The van der Waals surface area contributed by atoms with Crippen LogP contribution in [0, 0.1) is 18.2 Å². The number of halogens is 1. The van der Waals surface area contributed by atoms with Crippen LogP contribution in [0.25, 0.3) is 0 Å². The maximum Gasteiger partial charge on any atom is 0.317 e. The van der Waals surface area contributed by atoms with Gasteiger partial charge in [0.1, 0.15) is 12.4 Å². The Morgan fingerprint density at radius 3 is 2.61 bits per heavy atom. The highest BCUT2D eigenvalue weighted by atomic mass is 19.1. The molecule has 164 valence electrons. The highest BCUT2D eigenvalue weighted by Gasteiger charge is 2.19. The third kappa shape index (κ3) is 6.63. The summed E-state index contributed by atoms with van der Waals surface area (Å²) in [6.07, 6.45) is 6.15. The molecule has 2 aromatic carbocycles. The molecule has 0 unspecified atom stereocenters. The lowest BCUT2D eigenvalue weighted by Gasteiger charge is -2.22. The molecule has 1 aliphatic heterocycles. The van der Waals surface area contributed by atoms with Crippen LogP contribution in [0.1, 0.15) is 17.5 Å². The number of hydrogen-bond acceptors (Lipinski definition) is 4. The van der Waals surface area contributed by atoms with Gasteiger partial charge in [-0.05, 0) is 41.8 Å². The Bertz CT molecular complexity index is 911. The Morgan fingerprint density at radius 1 is 1.10 bits per heavy atom. The molecule has 31 heavy (non-hydrogen) atoms. The number of carbonyl (C=O) groups is 1. The first kappa shape index (κ1) is 22.4. The summed E-state index contributed by atoms with van der Waals surface area (Å²) >= 11 is 0. The molecule has 1 aliphatic rings. The number of amides is 2.